The molecule has 0 aliphatic carbocycles. The SMILES string of the molecule is CC(C)NC(=O)c1cccc(NC(=O)c2ccccc2Br)c1. The molecule has 2 aromatic carbocycles. The number of hydrogen-bond donors (Lipinski definition) is 2. The van der Waals surface area contributed by atoms with Gasteiger partial charge in [0.15, 0.2) is 0 Å². The van der Waals surface area contributed by atoms with Gasteiger partial charge in [0.05, 0.1) is 5.56 Å². The van der Waals surface area contributed by atoms with Gasteiger partial charge in [-0.25, -0.2) is 0 Å². The molecule has 22 heavy (non-hydrogen) atoms. The molecular weight excluding hydrogens is 344 g/mol. The van der Waals surface area contributed by atoms with Crippen molar-refractivity contribution in [1.82, 2.24) is 5.32 Å². The zero-order chi connectivity index (χ0) is 16.1. The van der Waals surface area contributed by atoms with Gasteiger partial charge in [0.2, 0.25) is 0 Å². The lowest BCUT2D eigenvalue weighted by Gasteiger charge is -2.10. The minimum Gasteiger partial charge on any atom is -0.350 e. The van der Waals surface area contributed by atoms with Crippen LogP contribution in [0.4, 0.5) is 5.69 Å². The van der Waals surface area contributed by atoms with Gasteiger partial charge in [-0.15, -0.1) is 0 Å². The van der Waals surface area contributed by atoms with Gasteiger partial charge in [-0.1, -0.05) is 18.2 Å². The van der Waals surface area contributed by atoms with E-state index in [2.05, 4.69) is 26.6 Å². The Morgan fingerprint density at radius 3 is 2.41 bits per heavy atom. The van der Waals surface area contributed by atoms with Gasteiger partial charge < -0.3 is 10.6 Å². The first-order chi connectivity index (χ1) is 10.5. The third-order valence-corrected chi connectivity index (χ3v) is 3.61. The van der Waals surface area contributed by atoms with Gasteiger partial charge in [0.1, 0.15) is 0 Å². The van der Waals surface area contributed by atoms with E-state index in [4.69, 9.17) is 0 Å². The molecule has 114 valence electrons. The predicted octanol–water partition coefficient (Wildman–Crippen LogP) is 3.84. The Labute approximate surface area is 138 Å². The van der Waals surface area contributed by atoms with Crippen LogP contribution in [0.1, 0.15) is 34.6 Å². The zero-order valence-electron chi connectivity index (χ0n) is 12.4. The number of rotatable bonds is 4. The maximum Gasteiger partial charge on any atom is 0.256 e. The molecule has 0 saturated heterocycles. The number of anilines is 1. The Morgan fingerprint density at radius 2 is 1.73 bits per heavy atom. The van der Waals surface area contributed by atoms with Crippen molar-refractivity contribution in [2.75, 3.05) is 5.32 Å². The zero-order valence-corrected chi connectivity index (χ0v) is 14.0. The number of nitrogens with one attached hydrogen (secondary N) is 2. The number of amides is 2. The van der Waals surface area contributed by atoms with E-state index in [1.165, 1.54) is 0 Å². The van der Waals surface area contributed by atoms with Crippen molar-refractivity contribution in [2.24, 2.45) is 0 Å². The van der Waals surface area contributed by atoms with E-state index in [1.807, 2.05) is 19.9 Å². The number of halogens is 1. The predicted molar refractivity (Wildman–Crippen MR) is 91.1 cm³/mol. The molecule has 0 spiro atoms. The second kappa shape index (κ2) is 7.22. The summed E-state index contributed by atoms with van der Waals surface area (Å²) in [5.74, 6) is -0.388. The van der Waals surface area contributed by atoms with E-state index in [-0.39, 0.29) is 17.9 Å². The van der Waals surface area contributed by atoms with Crippen LogP contribution in [0.2, 0.25) is 0 Å². The summed E-state index contributed by atoms with van der Waals surface area (Å²) in [4.78, 5) is 24.2. The normalized spacial score (nSPS) is 10.4. The Morgan fingerprint density at radius 1 is 1.00 bits per heavy atom. The van der Waals surface area contributed by atoms with Crippen molar-refractivity contribution < 1.29 is 9.59 Å². The van der Waals surface area contributed by atoms with E-state index in [1.54, 1.807) is 42.5 Å². The summed E-state index contributed by atoms with van der Waals surface area (Å²) in [7, 11) is 0. The fourth-order valence-corrected chi connectivity index (χ4v) is 2.39. The molecule has 0 radical (unpaired) electrons. The van der Waals surface area contributed by atoms with Gasteiger partial charge in [-0.3, -0.25) is 9.59 Å². The van der Waals surface area contributed by atoms with E-state index >= 15 is 0 Å². The summed E-state index contributed by atoms with van der Waals surface area (Å²) < 4.78 is 0.723. The van der Waals surface area contributed by atoms with Crippen LogP contribution in [-0.2, 0) is 0 Å². The Hall–Kier alpha value is -2.14. The molecule has 2 N–H and O–H groups in total. The quantitative estimate of drug-likeness (QED) is 0.869. The lowest BCUT2D eigenvalue weighted by Crippen LogP contribution is -2.30. The van der Waals surface area contributed by atoms with Crippen LogP contribution >= 0.6 is 15.9 Å². The number of carbonyl (C=O) groups is 2. The van der Waals surface area contributed by atoms with Crippen molar-refractivity contribution in [1.29, 1.82) is 0 Å². The number of benzene rings is 2. The minimum atomic E-state index is -0.228. The standard InChI is InChI=1S/C17H17BrN2O2/c1-11(2)19-16(21)12-6-5-7-13(10-12)20-17(22)14-8-3-4-9-15(14)18/h3-11H,1-2H3,(H,19,21)(H,20,22). The van der Waals surface area contributed by atoms with Gasteiger partial charge in [0.25, 0.3) is 11.8 Å². The van der Waals surface area contributed by atoms with Gasteiger partial charge in [0, 0.05) is 21.8 Å². The molecule has 0 aliphatic heterocycles. The molecule has 0 unspecified atom stereocenters. The molecule has 0 heterocycles. The van der Waals surface area contributed by atoms with Crippen molar-refractivity contribution in [3.63, 3.8) is 0 Å². The van der Waals surface area contributed by atoms with E-state index in [9.17, 15) is 9.59 Å². The summed E-state index contributed by atoms with van der Waals surface area (Å²) in [6.45, 7) is 3.80. The third kappa shape index (κ3) is 4.18. The lowest BCUT2D eigenvalue weighted by molar-refractivity contribution is 0.0941. The summed E-state index contributed by atoms with van der Waals surface area (Å²) in [6.07, 6.45) is 0. The van der Waals surface area contributed by atoms with Crippen molar-refractivity contribution in [2.45, 2.75) is 19.9 Å². The van der Waals surface area contributed by atoms with Gasteiger partial charge >= 0.3 is 0 Å². The molecule has 4 nitrogen and oxygen atoms in total. The molecule has 0 bridgehead atoms. The molecule has 2 amide bonds. The Balaban J connectivity index is 2.15. The van der Waals surface area contributed by atoms with E-state index < -0.39 is 0 Å². The van der Waals surface area contributed by atoms with E-state index in [0.29, 0.717) is 16.8 Å². The average molecular weight is 361 g/mol. The Bertz CT molecular complexity index is 699. The highest BCUT2D eigenvalue weighted by atomic mass is 79.9. The molecule has 2 aromatic rings. The molecular formula is C17H17BrN2O2. The molecule has 0 fully saturated rings. The highest BCUT2D eigenvalue weighted by Gasteiger charge is 2.11. The lowest BCUT2D eigenvalue weighted by atomic mass is 10.1. The smallest absolute Gasteiger partial charge is 0.256 e. The van der Waals surface area contributed by atoms with E-state index in [0.717, 1.165) is 4.47 Å². The summed E-state index contributed by atoms with van der Waals surface area (Å²) in [6, 6.07) is 14.1. The van der Waals surface area contributed by atoms with Crippen LogP contribution in [0, 0.1) is 0 Å². The van der Waals surface area contributed by atoms with Crippen LogP contribution in [-0.4, -0.2) is 17.9 Å². The monoisotopic (exact) mass is 360 g/mol. The maximum atomic E-state index is 12.3. The third-order valence-electron chi connectivity index (χ3n) is 2.92. The summed E-state index contributed by atoms with van der Waals surface area (Å²) in [5.41, 5.74) is 1.63. The van der Waals surface area contributed by atoms with Gasteiger partial charge in [-0.05, 0) is 60.1 Å². The second-order valence-corrected chi connectivity index (χ2v) is 6.00. The molecule has 0 atom stereocenters. The van der Waals surface area contributed by atoms with Crippen LogP contribution in [0.3, 0.4) is 0 Å². The van der Waals surface area contributed by atoms with Crippen molar-refractivity contribution in [3.8, 4) is 0 Å². The maximum absolute atomic E-state index is 12.3. The van der Waals surface area contributed by atoms with Crippen molar-refractivity contribution in [3.05, 3.63) is 64.1 Å². The summed E-state index contributed by atoms with van der Waals surface area (Å²) in [5, 5.41) is 5.62. The Kier molecular flexibility index (Phi) is 5.33. The molecule has 0 saturated carbocycles. The molecule has 5 heteroatoms. The largest absolute Gasteiger partial charge is 0.350 e. The number of hydrogen-bond acceptors (Lipinski definition) is 2. The van der Waals surface area contributed by atoms with Crippen LogP contribution in [0.15, 0.2) is 53.0 Å². The fourth-order valence-electron chi connectivity index (χ4n) is 1.93. The molecule has 0 aromatic heterocycles. The van der Waals surface area contributed by atoms with Gasteiger partial charge in [-0.2, -0.15) is 0 Å². The second-order valence-electron chi connectivity index (χ2n) is 5.14. The molecule has 2 rings (SSSR count). The number of carbonyl (C=O) groups excluding carboxylic acids is 2. The molecule has 0 aliphatic rings. The topological polar surface area (TPSA) is 58.2 Å². The average Bonchev–Trinajstić information content (AvgIpc) is 2.47. The summed E-state index contributed by atoms with van der Waals surface area (Å²) >= 11 is 3.35. The highest BCUT2D eigenvalue weighted by Crippen LogP contribution is 2.18. The first-order valence-electron chi connectivity index (χ1n) is 6.94. The van der Waals surface area contributed by atoms with Crippen molar-refractivity contribution >= 4 is 33.4 Å². The fraction of sp³-hybridized carbons (Fsp3) is 0.176. The van der Waals surface area contributed by atoms with Crippen LogP contribution in [0.5, 0.6) is 0 Å². The minimum absolute atomic E-state index is 0.0611. The first kappa shape index (κ1) is 16.2. The highest BCUT2D eigenvalue weighted by molar-refractivity contribution is 9.10. The first-order valence-corrected chi connectivity index (χ1v) is 7.73. The van der Waals surface area contributed by atoms with Crippen LogP contribution < -0.4 is 10.6 Å². The van der Waals surface area contributed by atoms with Crippen LogP contribution in [0.25, 0.3) is 0 Å².